The van der Waals surface area contributed by atoms with Crippen LogP contribution in [0.5, 0.6) is 0 Å². The average Bonchev–Trinajstić information content (AvgIpc) is 2.77. The van der Waals surface area contributed by atoms with E-state index in [2.05, 4.69) is 19.2 Å². The highest BCUT2D eigenvalue weighted by Gasteiger charge is 2.18. The predicted octanol–water partition coefficient (Wildman–Crippen LogP) is 5.34. The summed E-state index contributed by atoms with van der Waals surface area (Å²) >= 11 is 0. The van der Waals surface area contributed by atoms with Crippen molar-refractivity contribution in [2.24, 2.45) is 0 Å². The minimum atomic E-state index is -3.46. The number of hydrogen-bond donors (Lipinski definition) is 1. The van der Waals surface area contributed by atoms with Gasteiger partial charge in [-0.15, -0.1) is 0 Å². The van der Waals surface area contributed by atoms with Crippen molar-refractivity contribution >= 4 is 27.3 Å². The van der Waals surface area contributed by atoms with Crippen LogP contribution in [0.25, 0.3) is 0 Å². The summed E-state index contributed by atoms with van der Waals surface area (Å²) in [6, 6.07) is 20.6. The van der Waals surface area contributed by atoms with Gasteiger partial charge in [0.15, 0.2) is 0 Å². The Kier molecular flexibility index (Phi) is 7.36. The quantitative estimate of drug-likeness (QED) is 0.504. The van der Waals surface area contributed by atoms with Gasteiger partial charge in [-0.3, -0.25) is 9.10 Å². The topological polar surface area (TPSA) is 66.5 Å². The molecule has 0 aliphatic heterocycles. The zero-order valence-electron chi connectivity index (χ0n) is 19.1. The highest BCUT2D eigenvalue weighted by molar-refractivity contribution is 7.92. The van der Waals surface area contributed by atoms with E-state index in [-0.39, 0.29) is 12.5 Å². The lowest BCUT2D eigenvalue weighted by Crippen LogP contribution is -2.29. The Bertz CT molecular complexity index is 1180. The molecular formula is C26H30N2O3S. The lowest BCUT2D eigenvalue weighted by molar-refractivity contribution is 0.102. The molecule has 0 aliphatic carbocycles. The van der Waals surface area contributed by atoms with Crippen LogP contribution in [-0.4, -0.2) is 20.6 Å². The Morgan fingerprint density at radius 1 is 0.906 bits per heavy atom. The highest BCUT2D eigenvalue weighted by Crippen LogP contribution is 2.24. The third kappa shape index (κ3) is 5.56. The van der Waals surface area contributed by atoms with Crippen molar-refractivity contribution < 1.29 is 13.2 Å². The molecule has 0 spiro atoms. The number of sulfonamides is 1. The summed E-state index contributed by atoms with van der Waals surface area (Å²) in [6.45, 7) is 6.27. The van der Waals surface area contributed by atoms with Crippen LogP contribution in [0.3, 0.4) is 0 Å². The number of nitrogens with zero attached hydrogens (tertiary/aromatic N) is 1. The van der Waals surface area contributed by atoms with Crippen LogP contribution in [0.4, 0.5) is 11.4 Å². The van der Waals surface area contributed by atoms with Gasteiger partial charge in [0.25, 0.3) is 5.91 Å². The number of rotatable bonds is 8. The molecule has 0 saturated carbocycles. The second kappa shape index (κ2) is 10.0. The summed E-state index contributed by atoms with van der Waals surface area (Å²) in [5.74, 6) is -0.175. The molecule has 3 aromatic carbocycles. The summed E-state index contributed by atoms with van der Waals surface area (Å²) in [4.78, 5) is 12.9. The molecule has 0 aliphatic rings. The molecule has 6 heteroatoms. The molecule has 0 heterocycles. The van der Waals surface area contributed by atoms with Crippen LogP contribution in [0, 0.1) is 6.92 Å². The zero-order chi connectivity index (χ0) is 23.3. The summed E-state index contributed by atoms with van der Waals surface area (Å²) in [6.07, 6.45) is 2.87. The van der Waals surface area contributed by atoms with E-state index in [0.29, 0.717) is 11.3 Å². The van der Waals surface area contributed by atoms with Gasteiger partial charge in [-0.05, 0) is 66.3 Å². The number of para-hydroxylation sites is 1. The SMILES string of the molecule is CCc1cccc(CC)c1NC(=O)c1ccc(CN(c2cccc(C)c2)S(C)(=O)=O)cc1. The Morgan fingerprint density at radius 3 is 2.03 bits per heavy atom. The molecule has 3 rings (SSSR count). The van der Waals surface area contributed by atoms with Gasteiger partial charge in [-0.25, -0.2) is 8.42 Å². The summed E-state index contributed by atoms with van der Waals surface area (Å²) in [5.41, 5.74) is 6.04. The molecule has 0 aromatic heterocycles. The van der Waals surface area contributed by atoms with Gasteiger partial charge in [-0.1, -0.05) is 56.3 Å². The number of benzene rings is 3. The fourth-order valence-electron chi connectivity index (χ4n) is 3.70. The molecule has 0 radical (unpaired) electrons. The van der Waals surface area contributed by atoms with Crippen molar-refractivity contribution in [3.05, 3.63) is 94.5 Å². The zero-order valence-corrected chi connectivity index (χ0v) is 19.9. The van der Waals surface area contributed by atoms with Crippen LogP contribution in [0.15, 0.2) is 66.7 Å². The number of carbonyl (C=O) groups excluding carboxylic acids is 1. The van der Waals surface area contributed by atoms with Gasteiger partial charge in [0, 0.05) is 11.3 Å². The number of nitrogens with one attached hydrogen (secondary N) is 1. The number of carbonyl (C=O) groups is 1. The van der Waals surface area contributed by atoms with E-state index in [0.717, 1.165) is 40.8 Å². The first-order valence-corrected chi connectivity index (χ1v) is 12.6. The van der Waals surface area contributed by atoms with Crippen molar-refractivity contribution in [2.45, 2.75) is 40.2 Å². The number of hydrogen-bond acceptors (Lipinski definition) is 3. The fourth-order valence-corrected chi connectivity index (χ4v) is 4.58. The van der Waals surface area contributed by atoms with Crippen LogP contribution in [-0.2, 0) is 29.4 Å². The van der Waals surface area contributed by atoms with E-state index < -0.39 is 10.0 Å². The Hall–Kier alpha value is -3.12. The molecule has 168 valence electrons. The summed E-state index contributed by atoms with van der Waals surface area (Å²) in [5, 5.41) is 3.07. The van der Waals surface area contributed by atoms with E-state index in [9.17, 15) is 13.2 Å². The lowest BCUT2D eigenvalue weighted by atomic mass is 10.0. The summed E-state index contributed by atoms with van der Waals surface area (Å²) in [7, 11) is -3.46. The van der Waals surface area contributed by atoms with Crippen molar-refractivity contribution in [3.8, 4) is 0 Å². The lowest BCUT2D eigenvalue weighted by Gasteiger charge is -2.23. The molecule has 32 heavy (non-hydrogen) atoms. The molecular weight excluding hydrogens is 420 g/mol. The fraction of sp³-hybridized carbons (Fsp3) is 0.269. The van der Waals surface area contributed by atoms with Crippen LogP contribution < -0.4 is 9.62 Å². The molecule has 1 amide bonds. The minimum absolute atomic E-state index is 0.175. The van der Waals surface area contributed by atoms with Crippen molar-refractivity contribution in [1.82, 2.24) is 0 Å². The average molecular weight is 451 g/mol. The Balaban J connectivity index is 1.81. The van der Waals surface area contributed by atoms with E-state index in [1.165, 1.54) is 10.6 Å². The molecule has 0 fully saturated rings. The predicted molar refractivity (Wildman–Crippen MR) is 132 cm³/mol. The molecule has 0 unspecified atom stereocenters. The van der Waals surface area contributed by atoms with Crippen molar-refractivity contribution in [1.29, 1.82) is 0 Å². The van der Waals surface area contributed by atoms with Crippen molar-refractivity contribution in [3.63, 3.8) is 0 Å². The Labute approximate surface area is 191 Å². The first-order valence-electron chi connectivity index (χ1n) is 10.8. The molecule has 3 aromatic rings. The van der Waals surface area contributed by atoms with Crippen LogP contribution in [0.1, 0.15) is 46.5 Å². The highest BCUT2D eigenvalue weighted by atomic mass is 32.2. The van der Waals surface area contributed by atoms with E-state index in [1.807, 2.05) is 43.3 Å². The van der Waals surface area contributed by atoms with Gasteiger partial charge in [-0.2, -0.15) is 0 Å². The van der Waals surface area contributed by atoms with E-state index in [1.54, 1.807) is 30.3 Å². The smallest absolute Gasteiger partial charge is 0.255 e. The normalized spacial score (nSPS) is 11.2. The third-order valence-corrected chi connectivity index (χ3v) is 6.61. The standard InChI is InChI=1S/C26H30N2O3S/c1-5-21-10-8-11-22(6-2)25(21)27-26(29)23-15-13-20(14-16-23)18-28(32(4,30)31)24-12-7-9-19(3)17-24/h7-17H,5-6,18H2,1-4H3,(H,27,29). The van der Waals surface area contributed by atoms with Gasteiger partial charge in [0.05, 0.1) is 18.5 Å². The number of amides is 1. The van der Waals surface area contributed by atoms with Crippen LogP contribution >= 0.6 is 0 Å². The van der Waals surface area contributed by atoms with E-state index >= 15 is 0 Å². The number of anilines is 2. The monoisotopic (exact) mass is 450 g/mol. The molecule has 5 nitrogen and oxygen atoms in total. The third-order valence-electron chi connectivity index (χ3n) is 5.47. The summed E-state index contributed by atoms with van der Waals surface area (Å²) < 4.78 is 26.2. The van der Waals surface area contributed by atoms with Crippen molar-refractivity contribution in [2.75, 3.05) is 15.9 Å². The Morgan fingerprint density at radius 2 is 1.50 bits per heavy atom. The molecule has 0 bridgehead atoms. The maximum Gasteiger partial charge on any atom is 0.255 e. The molecule has 0 saturated heterocycles. The van der Waals surface area contributed by atoms with Gasteiger partial charge < -0.3 is 5.32 Å². The van der Waals surface area contributed by atoms with Gasteiger partial charge in [0.2, 0.25) is 10.0 Å². The second-order valence-corrected chi connectivity index (χ2v) is 9.82. The van der Waals surface area contributed by atoms with Gasteiger partial charge in [0.1, 0.15) is 0 Å². The maximum atomic E-state index is 12.9. The first kappa shape index (κ1) is 23.5. The second-order valence-electron chi connectivity index (χ2n) is 7.92. The van der Waals surface area contributed by atoms with E-state index in [4.69, 9.17) is 0 Å². The molecule has 1 N–H and O–H groups in total. The maximum absolute atomic E-state index is 12.9. The number of aryl methyl sites for hydroxylation is 3. The van der Waals surface area contributed by atoms with Gasteiger partial charge >= 0.3 is 0 Å². The largest absolute Gasteiger partial charge is 0.321 e. The van der Waals surface area contributed by atoms with Crippen LogP contribution in [0.2, 0.25) is 0 Å². The minimum Gasteiger partial charge on any atom is -0.321 e. The first-order chi connectivity index (χ1) is 15.2. The molecule has 0 atom stereocenters.